The van der Waals surface area contributed by atoms with Gasteiger partial charge in [-0.05, 0) is 62.2 Å². The molecular weight excluding hydrogens is 478 g/mol. The fourth-order valence-electron chi connectivity index (χ4n) is 3.46. The summed E-state index contributed by atoms with van der Waals surface area (Å²) in [5.74, 6) is -1.40. The lowest BCUT2D eigenvalue weighted by atomic mass is 9.99. The quantitative estimate of drug-likeness (QED) is 0.346. The molecule has 0 unspecified atom stereocenters. The molecular formula is C25H22F2N2O5S. The predicted molar refractivity (Wildman–Crippen MR) is 128 cm³/mol. The lowest BCUT2D eigenvalue weighted by Gasteiger charge is -2.14. The first-order valence-corrected chi connectivity index (χ1v) is 12.2. The van der Waals surface area contributed by atoms with E-state index < -0.39 is 32.5 Å². The van der Waals surface area contributed by atoms with Crippen LogP contribution in [0.5, 0.6) is 11.6 Å². The van der Waals surface area contributed by atoms with E-state index in [1.54, 1.807) is 19.1 Å². The van der Waals surface area contributed by atoms with E-state index in [0.717, 1.165) is 0 Å². The van der Waals surface area contributed by atoms with E-state index in [1.807, 2.05) is 0 Å². The Hall–Kier alpha value is -3.79. The van der Waals surface area contributed by atoms with Gasteiger partial charge in [-0.25, -0.2) is 27.0 Å². The Morgan fingerprint density at radius 3 is 2.60 bits per heavy atom. The topological polar surface area (TPSA) is 98.5 Å². The molecule has 0 radical (unpaired) electrons. The molecule has 2 aromatic carbocycles. The van der Waals surface area contributed by atoms with Crippen LogP contribution < -0.4 is 15.1 Å². The summed E-state index contributed by atoms with van der Waals surface area (Å²) in [6.07, 6.45) is 1.28. The number of halogens is 2. The largest absolute Gasteiger partial charge is 0.436 e. The number of anilines is 1. The van der Waals surface area contributed by atoms with Crippen LogP contribution in [0.4, 0.5) is 14.5 Å². The highest BCUT2D eigenvalue weighted by atomic mass is 32.2. The van der Waals surface area contributed by atoms with E-state index in [1.165, 1.54) is 56.4 Å². The van der Waals surface area contributed by atoms with Gasteiger partial charge in [0.05, 0.1) is 10.9 Å². The van der Waals surface area contributed by atoms with Gasteiger partial charge in [0.2, 0.25) is 10.0 Å². The fourth-order valence-corrected chi connectivity index (χ4v) is 4.16. The number of pyridine rings is 1. The van der Waals surface area contributed by atoms with Crippen LogP contribution in [0.25, 0.3) is 11.0 Å². The van der Waals surface area contributed by atoms with E-state index in [0.29, 0.717) is 10.9 Å². The zero-order chi connectivity index (χ0) is 25.3. The lowest BCUT2D eigenvalue weighted by molar-refractivity contribution is 0.422. The molecule has 1 N–H and O–H groups in total. The van der Waals surface area contributed by atoms with Gasteiger partial charge in [-0.3, -0.25) is 4.72 Å². The van der Waals surface area contributed by atoms with Gasteiger partial charge in [-0.15, -0.1) is 0 Å². The summed E-state index contributed by atoms with van der Waals surface area (Å²) in [4.78, 5) is 16.6. The fraction of sp³-hybridized carbons (Fsp3) is 0.200. The smallest absolute Gasteiger partial charge is 0.340 e. The number of ether oxygens (including phenoxy) is 1. The lowest BCUT2D eigenvalue weighted by Crippen LogP contribution is -2.23. The summed E-state index contributed by atoms with van der Waals surface area (Å²) in [6, 6.07) is 11.6. The molecule has 182 valence electrons. The van der Waals surface area contributed by atoms with Crippen LogP contribution in [0.3, 0.4) is 0 Å². The standard InChI is InChI=1S/C25H22F2N2O5S/c1-14(2)35(31,32)29-21-8-4-6-16(23(21)27)12-19-15(3)18-10-9-17(13-22(18)34-25(19)30)33-24-20(26)7-5-11-28-24/h4-11,13-14,29H,12H2,1-3H3. The van der Waals surface area contributed by atoms with Gasteiger partial charge >= 0.3 is 5.63 Å². The summed E-state index contributed by atoms with van der Waals surface area (Å²) in [5, 5.41) is -0.158. The molecule has 0 aliphatic rings. The Bertz CT molecular complexity index is 1580. The third-order valence-electron chi connectivity index (χ3n) is 5.52. The van der Waals surface area contributed by atoms with Gasteiger partial charge in [-0.2, -0.15) is 0 Å². The van der Waals surface area contributed by atoms with Gasteiger partial charge in [0.25, 0.3) is 5.88 Å². The monoisotopic (exact) mass is 500 g/mol. The van der Waals surface area contributed by atoms with Gasteiger partial charge in [-0.1, -0.05) is 12.1 Å². The van der Waals surface area contributed by atoms with Crippen LogP contribution in [-0.2, 0) is 16.4 Å². The molecule has 4 rings (SSSR count). The first-order valence-electron chi connectivity index (χ1n) is 10.7. The number of fused-ring (bicyclic) bond motifs is 1. The van der Waals surface area contributed by atoms with Gasteiger partial charge in [0.1, 0.15) is 11.3 Å². The van der Waals surface area contributed by atoms with Crippen molar-refractivity contribution in [2.75, 3.05) is 4.72 Å². The maximum atomic E-state index is 15.1. The van der Waals surface area contributed by atoms with Gasteiger partial charge in [0.15, 0.2) is 11.6 Å². The number of nitrogens with zero attached hydrogens (tertiary/aromatic N) is 1. The highest BCUT2D eigenvalue weighted by Gasteiger charge is 2.20. The van der Waals surface area contributed by atoms with E-state index in [9.17, 15) is 17.6 Å². The number of aryl methyl sites for hydroxylation is 1. The van der Waals surface area contributed by atoms with Crippen LogP contribution in [0.2, 0.25) is 0 Å². The molecule has 0 spiro atoms. The van der Waals surface area contributed by atoms with Crippen molar-refractivity contribution in [2.24, 2.45) is 0 Å². The van der Waals surface area contributed by atoms with E-state index >= 15 is 4.39 Å². The number of hydrogen-bond acceptors (Lipinski definition) is 6. The number of sulfonamides is 1. The van der Waals surface area contributed by atoms with Crippen molar-refractivity contribution in [3.05, 3.63) is 93.5 Å². The third kappa shape index (κ3) is 5.02. The predicted octanol–water partition coefficient (Wildman–Crippen LogP) is 5.31. The minimum absolute atomic E-state index is 0.107. The molecule has 0 bridgehead atoms. The van der Waals surface area contributed by atoms with Gasteiger partial charge in [0, 0.05) is 29.6 Å². The molecule has 35 heavy (non-hydrogen) atoms. The van der Waals surface area contributed by atoms with Crippen molar-refractivity contribution in [3.63, 3.8) is 0 Å². The van der Waals surface area contributed by atoms with Crippen molar-refractivity contribution in [3.8, 4) is 11.6 Å². The van der Waals surface area contributed by atoms with Crippen molar-refractivity contribution in [1.29, 1.82) is 0 Å². The second-order valence-electron chi connectivity index (χ2n) is 8.19. The highest BCUT2D eigenvalue weighted by Crippen LogP contribution is 2.29. The zero-order valence-electron chi connectivity index (χ0n) is 19.1. The Morgan fingerprint density at radius 2 is 1.89 bits per heavy atom. The van der Waals surface area contributed by atoms with Crippen LogP contribution in [0.1, 0.15) is 30.5 Å². The number of aromatic nitrogens is 1. The molecule has 0 saturated heterocycles. The first kappa shape index (κ1) is 24.3. The summed E-state index contributed by atoms with van der Waals surface area (Å²) in [6.45, 7) is 4.67. The van der Waals surface area contributed by atoms with E-state index in [-0.39, 0.29) is 40.4 Å². The summed E-state index contributed by atoms with van der Waals surface area (Å²) in [7, 11) is -3.75. The maximum absolute atomic E-state index is 15.1. The normalized spacial score (nSPS) is 11.7. The Kier molecular flexibility index (Phi) is 6.58. The molecule has 10 heteroatoms. The first-order chi connectivity index (χ1) is 16.6. The third-order valence-corrected chi connectivity index (χ3v) is 7.26. The molecule has 0 fully saturated rings. The van der Waals surface area contributed by atoms with Crippen molar-refractivity contribution in [2.45, 2.75) is 32.4 Å². The summed E-state index contributed by atoms with van der Waals surface area (Å²) in [5.41, 5.74) is 0.272. The van der Waals surface area contributed by atoms with Gasteiger partial charge < -0.3 is 9.15 Å². The Labute approximate surface area is 200 Å². The van der Waals surface area contributed by atoms with Crippen molar-refractivity contribution < 1.29 is 26.4 Å². The molecule has 0 saturated carbocycles. The van der Waals surface area contributed by atoms with E-state index in [2.05, 4.69) is 9.71 Å². The molecule has 0 aliphatic carbocycles. The number of rotatable bonds is 7. The minimum Gasteiger partial charge on any atom is -0.436 e. The molecule has 0 atom stereocenters. The average Bonchev–Trinajstić information content (AvgIpc) is 2.80. The number of benzene rings is 2. The van der Waals surface area contributed by atoms with Crippen molar-refractivity contribution >= 4 is 26.7 Å². The van der Waals surface area contributed by atoms with Crippen LogP contribution in [0, 0.1) is 18.6 Å². The maximum Gasteiger partial charge on any atom is 0.340 e. The Balaban J connectivity index is 1.68. The molecule has 7 nitrogen and oxygen atoms in total. The molecule has 4 aromatic rings. The molecule has 0 amide bonds. The number of nitrogens with one attached hydrogen (secondary N) is 1. The second kappa shape index (κ2) is 9.46. The minimum atomic E-state index is -3.75. The Morgan fingerprint density at radius 1 is 1.11 bits per heavy atom. The highest BCUT2D eigenvalue weighted by molar-refractivity contribution is 7.93. The second-order valence-corrected chi connectivity index (χ2v) is 10.4. The molecule has 0 aliphatic heterocycles. The molecule has 2 heterocycles. The molecule has 2 aromatic heterocycles. The van der Waals surface area contributed by atoms with Crippen LogP contribution in [0.15, 0.2) is 63.9 Å². The summed E-state index contributed by atoms with van der Waals surface area (Å²) >= 11 is 0. The number of hydrogen-bond donors (Lipinski definition) is 1. The van der Waals surface area contributed by atoms with Crippen LogP contribution >= 0.6 is 0 Å². The average molecular weight is 501 g/mol. The van der Waals surface area contributed by atoms with E-state index in [4.69, 9.17) is 9.15 Å². The van der Waals surface area contributed by atoms with Crippen molar-refractivity contribution in [1.82, 2.24) is 4.98 Å². The van der Waals surface area contributed by atoms with Crippen LogP contribution in [-0.4, -0.2) is 18.7 Å². The summed E-state index contributed by atoms with van der Waals surface area (Å²) < 4.78 is 66.4. The SMILES string of the molecule is Cc1c(Cc2cccc(NS(=O)(=O)C(C)C)c2F)c(=O)oc2cc(Oc3ncccc3F)ccc12. The zero-order valence-corrected chi connectivity index (χ0v) is 19.9.